The van der Waals surface area contributed by atoms with E-state index in [1.54, 1.807) is 30.3 Å². The number of rotatable bonds is 1. The van der Waals surface area contributed by atoms with E-state index in [-0.39, 0.29) is 11.3 Å². The molecule has 78 valence electrons. The number of para-hydroxylation sites is 1. The number of aromatic nitrogens is 1. The summed E-state index contributed by atoms with van der Waals surface area (Å²) >= 11 is 0. The van der Waals surface area contributed by atoms with E-state index in [4.69, 9.17) is 5.26 Å². The second-order valence-electron chi connectivity index (χ2n) is 3.24. The minimum atomic E-state index is -0.455. The molecule has 0 aliphatic carbocycles. The number of aromatic amines is 1. The number of phenols is 1. The third kappa shape index (κ3) is 1.66. The van der Waals surface area contributed by atoms with Crippen molar-refractivity contribution in [1.82, 2.24) is 4.98 Å². The van der Waals surface area contributed by atoms with Crippen LogP contribution in [0.1, 0.15) is 5.56 Å². The third-order valence-electron chi connectivity index (χ3n) is 2.22. The lowest BCUT2D eigenvalue weighted by Crippen LogP contribution is -2.10. The van der Waals surface area contributed by atoms with Gasteiger partial charge in [-0.15, -0.1) is 0 Å². The van der Waals surface area contributed by atoms with Gasteiger partial charge in [0.2, 0.25) is 0 Å². The Morgan fingerprint density at radius 1 is 1.19 bits per heavy atom. The van der Waals surface area contributed by atoms with Crippen molar-refractivity contribution in [2.45, 2.75) is 0 Å². The number of nitrogens with one attached hydrogen (secondary N) is 1. The van der Waals surface area contributed by atoms with Crippen molar-refractivity contribution in [3.8, 4) is 23.1 Å². The van der Waals surface area contributed by atoms with Crippen LogP contribution in [0.15, 0.2) is 41.2 Å². The van der Waals surface area contributed by atoms with E-state index in [1.807, 2.05) is 0 Å². The molecule has 1 heterocycles. The van der Waals surface area contributed by atoms with Crippen molar-refractivity contribution < 1.29 is 5.11 Å². The van der Waals surface area contributed by atoms with Crippen molar-refractivity contribution in [2.75, 3.05) is 0 Å². The molecule has 2 N–H and O–H groups in total. The molecule has 16 heavy (non-hydrogen) atoms. The van der Waals surface area contributed by atoms with Crippen molar-refractivity contribution in [2.24, 2.45) is 0 Å². The highest BCUT2D eigenvalue weighted by molar-refractivity contribution is 5.66. The van der Waals surface area contributed by atoms with Gasteiger partial charge in [0.05, 0.1) is 5.69 Å². The van der Waals surface area contributed by atoms with Crippen LogP contribution in [-0.2, 0) is 0 Å². The zero-order chi connectivity index (χ0) is 11.5. The predicted molar refractivity (Wildman–Crippen MR) is 58.9 cm³/mol. The first-order valence-corrected chi connectivity index (χ1v) is 4.64. The number of hydrogen-bond donors (Lipinski definition) is 2. The second kappa shape index (κ2) is 3.91. The lowest BCUT2D eigenvalue weighted by Gasteiger charge is -2.03. The summed E-state index contributed by atoms with van der Waals surface area (Å²) in [7, 11) is 0. The highest BCUT2D eigenvalue weighted by Crippen LogP contribution is 2.25. The lowest BCUT2D eigenvalue weighted by atomic mass is 10.1. The van der Waals surface area contributed by atoms with Crippen LogP contribution in [0.2, 0.25) is 0 Å². The van der Waals surface area contributed by atoms with Crippen molar-refractivity contribution in [1.29, 1.82) is 5.26 Å². The Morgan fingerprint density at radius 3 is 2.56 bits per heavy atom. The summed E-state index contributed by atoms with van der Waals surface area (Å²) < 4.78 is 0. The predicted octanol–water partition coefficient (Wildman–Crippen LogP) is 1.62. The molecule has 0 unspecified atom stereocenters. The number of benzene rings is 1. The summed E-state index contributed by atoms with van der Waals surface area (Å²) in [5, 5.41) is 18.2. The summed E-state index contributed by atoms with van der Waals surface area (Å²) in [6, 6.07) is 11.5. The summed E-state index contributed by atoms with van der Waals surface area (Å²) in [4.78, 5) is 13.9. The van der Waals surface area contributed by atoms with Crippen LogP contribution < -0.4 is 5.56 Å². The molecule has 4 nitrogen and oxygen atoms in total. The second-order valence-corrected chi connectivity index (χ2v) is 3.24. The third-order valence-corrected chi connectivity index (χ3v) is 2.22. The van der Waals surface area contributed by atoms with Crippen LogP contribution in [-0.4, -0.2) is 10.1 Å². The first-order chi connectivity index (χ1) is 7.72. The van der Waals surface area contributed by atoms with Gasteiger partial charge in [0.1, 0.15) is 17.4 Å². The maximum Gasteiger partial charge on any atom is 0.266 e. The van der Waals surface area contributed by atoms with Gasteiger partial charge in [-0.05, 0) is 24.3 Å². The highest BCUT2D eigenvalue weighted by Gasteiger charge is 2.05. The molecule has 0 saturated heterocycles. The molecule has 0 aliphatic rings. The molecule has 0 radical (unpaired) electrons. The summed E-state index contributed by atoms with van der Waals surface area (Å²) in [5.74, 6) is 0.0860. The van der Waals surface area contributed by atoms with Gasteiger partial charge in [-0.25, -0.2) is 0 Å². The van der Waals surface area contributed by atoms with Crippen LogP contribution in [0.5, 0.6) is 5.75 Å². The Kier molecular flexibility index (Phi) is 2.44. The monoisotopic (exact) mass is 212 g/mol. The van der Waals surface area contributed by atoms with Gasteiger partial charge in [0, 0.05) is 5.56 Å². The Hall–Kier alpha value is -2.54. The van der Waals surface area contributed by atoms with Crippen LogP contribution in [0.25, 0.3) is 11.3 Å². The number of nitrogens with zero attached hydrogens (tertiary/aromatic N) is 1. The van der Waals surface area contributed by atoms with E-state index in [1.165, 1.54) is 12.1 Å². The average molecular weight is 212 g/mol. The van der Waals surface area contributed by atoms with Gasteiger partial charge in [-0.1, -0.05) is 12.1 Å². The molecule has 1 aromatic carbocycles. The minimum Gasteiger partial charge on any atom is -0.507 e. The van der Waals surface area contributed by atoms with Crippen molar-refractivity contribution in [3.05, 3.63) is 52.3 Å². The summed E-state index contributed by atoms with van der Waals surface area (Å²) in [6.07, 6.45) is 0. The van der Waals surface area contributed by atoms with Gasteiger partial charge < -0.3 is 10.1 Å². The van der Waals surface area contributed by atoms with E-state index < -0.39 is 5.56 Å². The first-order valence-electron chi connectivity index (χ1n) is 4.64. The molecule has 0 saturated carbocycles. The number of hydrogen-bond acceptors (Lipinski definition) is 3. The molecule has 0 aliphatic heterocycles. The van der Waals surface area contributed by atoms with Crippen molar-refractivity contribution >= 4 is 0 Å². The highest BCUT2D eigenvalue weighted by atomic mass is 16.3. The van der Waals surface area contributed by atoms with E-state index in [0.29, 0.717) is 11.3 Å². The van der Waals surface area contributed by atoms with Crippen LogP contribution in [0, 0.1) is 11.3 Å². The van der Waals surface area contributed by atoms with Crippen LogP contribution >= 0.6 is 0 Å². The minimum absolute atomic E-state index is 0.0548. The maximum absolute atomic E-state index is 11.4. The van der Waals surface area contributed by atoms with E-state index in [9.17, 15) is 9.90 Å². The van der Waals surface area contributed by atoms with Gasteiger partial charge in [0.15, 0.2) is 0 Å². The molecule has 4 heteroatoms. The summed E-state index contributed by atoms with van der Waals surface area (Å²) in [6.45, 7) is 0. The van der Waals surface area contributed by atoms with Crippen LogP contribution in [0.4, 0.5) is 0 Å². The van der Waals surface area contributed by atoms with Gasteiger partial charge in [-0.2, -0.15) is 5.26 Å². The normalized spacial score (nSPS) is 9.69. The Morgan fingerprint density at radius 2 is 1.94 bits per heavy atom. The number of H-pyrrole nitrogens is 1. The molecule has 0 spiro atoms. The summed E-state index contributed by atoms with van der Waals surface area (Å²) in [5.41, 5.74) is 0.619. The average Bonchev–Trinajstić information content (AvgIpc) is 2.29. The fraction of sp³-hybridized carbons (Fsp3) is 0. The Labute approximate surface area is 91.4 Å². The molecule has 2 rings (SSSR count). The molecule has 0 bridgehead atoms. The standard InChI is InChI=1S/C12H8N2O2/c13-7-8-5-6-10(14-12(8)16)9-3-1-2-4-11(9)15/h1-6,15H,(H,14,16). The molecular weight excluding hydrogens is 204 g/mol. The zero-order valence-electron chi connectivity index (χ0n) is 8.27. The number of nitriles is 1. The molecule has 0 fully saturated rings. The molecule has 0 atom stereocenters. The smallest absolute Gasteiger partial charge is 0.266 e. The molecular formula is C12H8N2O2. The van der Waals surface area contributed by atoms with Gasteiger partial charge in [0.25, 0.3) is 5.56 Å². The largest absolute Gasteiger partial charge is 0.507 e. The fourth-order valence-corrected chi connectivity index (χ4v) is 1.42. The molecule has 0 amide bonds. The number of aromatic hydroxyl groups is 1. The SMILES string of the molecule is N#Cc1ccc(-c2ccccc2O)[nH]c1=O. The Bertz CT molecular complexity index is 623. The number of pyridine rings is 1. The molecule has 1 aromatic heterocycles. The first kappa shape index (κ1) is 9.99. The van der Waals surface area contributed by atoms with Gasteiger partial charge >= 0.3 is 0 Å². The fourth-order valence-electron chi connectivity index (χ4n) is 1.42. The lowest BCUT2D eigenvalue weighted by molar-refractivity contribution is 0.477. The van der Waals surface area contributed by atoms with E-state index in [0.717, 1.165) is 0 Å². The quantitative estimate of drug-likeness (QED) is 0.754. The maximum atomic E-state index is 11.4. The zero-order valence-corrected chi connectivity index (χ0v) is 8.27. The van der Waals surface area contributed by atoms with Gasteiger partial charge in [-0.3, -0.25) is 4.79 Å². The molecule has 2 aromatic rings. The Balaban J connectivity index is 2.60. The van der Waals surface area contributed by atoms with E-state index >= 15 is 0 Å². The van der Waals surface area contributed by atoms with Crippen LogP contribution in [0.3, 0.4) is 0 Å². The number of phenolic OH excluding ortho intramolecular Hbond substituents is 1. The van der Waals surface area contributed by atoms with E-state index in [2.05, 4.69) is 4.98 Å². The van der Waals surface area contributed by atoms with Crippen molar-refractivity contribution in [3.63, 3.8) is 0 Å². The topological polar surface area (TPSA) is 76.9 Å².